The minimum absolute atomic E-state index is 0.632. The lowest BCUT2D eigenvalue weighted by Crippen LogP contribution is -2.03. The molecule has 0 aromatic carbocycles. The van der Waals surface area contributed by atoms with Crippen LogP contribution in [0.4, 0.5) is 0 Å². The van der Waals surface area contributed by atoms with Crippen molar-refractivity contribution in [1.82, 2.24) is 0 Å². The number of hydrogen-bond donors (Lipinski definition) is 1. The fraction of sp³-hybridized carbons (Fsp3) is 0.444. The molecule has 80 valence electrons. The summed E-state index contributed by atoms with van der Waals surface area (Å²) in [6.07, 6.45) is 0. The Balaban J connectivity index is 0.000000364. The first kappa shape index (κ1) is 12.9. The van der Waals surface area contributed by atoms with Gasteiger partial charge in [-0.2, -0.15) is 0 Å². The number of aliphatic carboxylic acids is 1. The molecule has 0 spiro atoms. The van der Waals surface area contributed by atoms with Gasteiger partial charge in [0.1, 0.15) is 12.4 Å². The SMILES string of the molecule is CC(=O)O.COCCOc1ccsc1. The van der Waals surface area contributed by atoms with E-state index in [0.29, 0.717) is 13.2 Å². The van der Waals surface area contributed by atoms with Crippen LogP contribution in [0.1, 0.15) is 6.92 Å². The average Bonchev–Trinajstić information content (AvgIpc) is 2.56. The molecule has 5 heteroatoms. The van der Waals surface area contributed by atoms with Crippen molar-refractivity contribution in [3.63, 3.8) is 0 Å². The molecule has 0 unspecified atom stereocenters. The van der Waals surface area contributed by atoms with E-state index in [-0.39, 0.29) is 0 Å². The fourth-order valence-corrected chi connectivity index (χ4v) is 1.15. The second kappa shape index (κ2) is 8.52. The predicted octanol–water partition coefficient (Wildman–Crippen LogP) is 1.86. The van der Waals surface area contributed by atoms with E-state index in [9.17, 15) is 0 Å². The van der Waals surface area contributed by atoms with Crippen LogP contribution in [0.3, 0.4) is 0 Å². The summed E-state index contributed by atoms with van der Waals surface area (Å²) >= 11 is 1.63. The molecule has 0 aliphatic heterocycles. The Morgan fingerprint density at radius 3 is 2.64 bits per heavy atom. The van der Waals surface area contributed by atoms with Gasteiger partial charge in [0.15, 0.2) is 0 Å². The molecule has 0 saturated carbocycles. The van der Waals surface area contributed by atoms with Crippen LogP contribution >= 0.6 is 11.3 Å². The van der Waals surface area contributed by atoms with Gasteiger partial charge in [0, 0.05) is 19.4 Å². The number of hydrogen-bond acceptors (Lipinski definition) is 4. The van der Waals surface area contributed by atoms with E-state index >= 15 is 0 Å². The van der Waals surface area contributed by atoms with Crippen molar-refractivity contribution < 1.29 is 19.4 Å². The van der Waals surface area contributed by atoms with Gasteiger partial charge in [-0.1, -0.05) is 0 Å². The summed E-state index contributed by atoms with van der Waals surface area (Å²) in [5, 5.41) is 11.4. The van der Waals surface area contributed by atoms with Gasteiger partial charge >= 0.3 is 0 Å². The van der Waals surface area contributed by atoms with Gasteiger partial charge in [-0.25, -0.2) is 0 Å². The first-order valence-electron chi connectivity index (χ1n) is 4.00. The minimum Gasteiger partial charge on any atom is -0.490 e. The lowest BCUT2D eigenvalue weighted by atomic mass is 10.6. The Hall–Kier alpha value is -1.07. The molecule has 1 heterocycles. The summed E-state index contributed by atoms with van der Waals surface area (Å²) in [6.45, 7) is 2.36. The van der Waals surface area contributed by atoms with E-state index in [4.69, 9.17) is 19.4 Å². The molecule has 1 N–H and O–H groups in total. The van der Waals surface area contributed by atoms with Crippen molar-refractivity contribution in [1.29, 1.82) is 0 Å². The van der Waals surface area contributed by atoms with Crippen LogP contribution in [0, 0.1) is 0 Å². The first-order chi connectivity index (χ1) is 6.66. The zero-order valence-electron chi connectivity index (χ0n) is 8.23. The second-order valence-corrected chi connectivity index (χ2v) is 3.10. The number of ether oxygens (including phenoxy) is 2. The Morgan fingerprint density at radius 2 is 2.21 bits per heavy atom. The lowest BCUT2D eigenvalue weighted by Gasteiger charge is -2.00. The van der Waals surface area contributed by atoms with Crippen molar-refractivity contribution >= 4 is 17.3 Å². The van der Waals surface area contributed by atoms with E-state index in [0.717, 1.165) is 12.7 Å². The summed E-state index contributed by atoms with van der Waals surface area (Å²) in [5.41, 5.74) is 0. The second-order valence-electron chi connectivity index (χ2n) is 2.32. The van der Waals surface area contributed by atoms with Crippen molar-refractivity contribution in [3.8, 4) is 5.75 Å². The Bertz CT molecular complexity index is 229. The summed E-state index contributed by atoms with van der Waals surface area (Å²) in [4.78, 5) is 9.00. The zero-order chi connectivity index (χ0) is 10.8. The number of carboxylic acids is 1. The zero-order valence-corrected chi connectivity index (χ0v) is 9.04. The highest BCUT2D eigenvalue weighted by molar-refractivity contribution is 7.08. The monoisotopic (exact) mass is 218 g/mol. The Kier molecular flexibility index (Phi) is 7.87. The molecule has 1 aromatic rings. The highest BCUT2D eigenvalue weighted by atomic mass is 32.1. The molecule has 0 aliphatic rings. The maximum absolute atomic E-state index is 9.00. The van der Waals surface area contributed by atoms with E-state index in [1.165, 1.54) is 0 Å². The smallest absolute Gasteiger partial charge is 0.300 e. The molecule has 14 heavy (non-hydrogen) atoms. The molecular weight excluding hydrogens is 204 g/mol. The van der Waals surface area contributed by atoms with Crippen molar-refractivity contribution in [2.45, 2.75) is 6.92 Å². The third-order valence-electron chi connectivity index (χ3n) is 1.05. The standard InChI is InChI=1S/C7H10O2S.C2H4O2/c1-8-3-4-9-7-2-5-10-6-7;1-2(3)4/h2,5-6H,3-4H2,1H3;1H3,(H,3,4). The van der Waals surface area contributed by atoms with Crippen LogP contribution in [0.5, 0.6) is 5.75 Å². The molecule has 0 bridgehead atoms. The van der Waals surface area contributed by atoms with E-state index < -0.39 is 5.97 Å². The largest absolute Gasteiger partial charge is 0.490 e. The lowest BCUT2D eigenvalue weighted by molar-refractivity contribution is -0.134. The molecular formula is C9H14O4S. The van der Waals surface area contributed by atoms with Gasteiger partial charge in [-0.15, -0.1) is 11.3 Å². The summed E-state index contributed by atoms with van der Waals surface area (Å²) in [5.74, 6) is 0.0991. The number of methoxy groups -OCH3 is 1. The topological polar surface area (TPSA) is 55.8 Å². The molecule has 0 saturated heterocycles. The Morgan fingerprint density at radius 1 is 1.57 bits per heavy atom. The van der Waals surface area contributed by atoms with E-state index in [1.807, 2.05) is 16.8 Å². The number of carboxylic acid groups (broad SMARTS) is 1. The summed E-state index contributed by atoms with van der Waals surface area (Å²) in [6, 6.07) is 1.94. The highest BCUT2D eigenvalue weighted by Gasteiger charge is 1.90. The maximum Gasteiger partial charge on any atom is 0.300 e. The quantitative estimate of drug-likeness (QED) is 0.784. The normalized spacial score (nSPS) is 8.71. The third-order valence-corrected chi connectivity index (χ3v) is 1.71. The average molecular weight is 218 g/mol. The first-order valence-corrected chi connectivity index (χ1v) is 4.94. The van der Waals surface area contributed by atoms with Crippen LogP contribution < -0.4 is 4.74 Å². The fourth-order valence-electron chi connectivity index (χ4n) is 0.577. The van der Waals surface area contributed by atoms with Crippen LogP contribution in [0.15, 0.2) is 16.8 Å². The van der Waals surface area contributed by atoms with Crippen molar-refractivity contribution in [2.75, 3.05) is 20.3 Å². The maximum atomic E-state index is 9.00. The van der Waals surface area contributed by atoms with E-state index in [2.05, 4.69) is 0 Å². The van der Waals surface area contributed by atoms with Gasteiger partial charge in [0.25, 0.3) is 5.97 Å². The highest BCUT2D eigenvalue weighted by Crippen LogP contribution is 2.13. The molecule has 4 nitrogen and oxygen atoms in total. The Labute approximate surface area is 87.1 Å². The van der Waals surface area contributed by atoms with Crippen LogP contribution in [0.25, 0.3) is 0 Å². The number of carbonyl (C=O) groups is 1. The number of thiophene rings is 1. The predicted molar refractivity (Wildman–Crippen MR) is 55.0 cm³/mol. The molecule has 0 aliphatic carbocycles. The molecule has 1 rings (SSSR count). The van der Waals surface area contributed by atoms with Crippen LogP contribution in [-0.4, -0.2) is 31.4 Å². The third kappa shape index (κ3) is 9.02. The van der Waals surface area contributed by atoms with Crippen LogP contribution in [-0.2, 0) is 9.53 Å². The van der Waals surface area contributed by atoms with Crippen molar-refractivity contribution in [3.05, 3.63) is 16.8 Å². The summed E-state index contributed by atoms with van der Waals surface area (Å²) in [7, 11) is 1.66. The summed E-state index contributed by atoms with van der Waals surface area (Å²) < 4.78 is 10.1. The molecule has 0 atom stereocenters. The van der Waals surface area contributed by atoms with Gasteiger partial charge in [-0.3, -0.25) is 4.79 Å². The molecule has 0 fully saturated rings. The minimum atomic E-state index is -0.833. The molecule has 0 amide bonds. The van der Waals surface area contributed by atoms with Gasteiger partial charge in [0.2, 0.25) is 0 Å². The van der Waals surface area contributed by atoms with Gasteiger partial charge in [0.05, 0.1) is 6.61 Å². The van der Waals surface area contributed by atoms with Crippen molar-refractivity contribution in [2.24, 2.45) is 0 Å². The molecule has 0 radical (unpaired) electrons. The van der Waals surface area contributed by atoms with Crippen LogP contribution in [0.2, 0.25) is 0 Å². The van der Waals surface area contributed by atoms with E-state index in [1.54, 1.807) is 18.4 Å². The van der Waals surface area contributed by atoms with Gasteiger partial charge < -0.3 is 14.6 Å². The molecule has 1 aromatic heterocycles. The number of rotatable bonds is 4. The van der Waals surface area contributed by atoms with Gasteiger partial charge in [-0.05, 0) is 11.4 Å².